The highest BCUT2D eigenvalue weighted by atomic mass is 79.9. The summed E-state index contributed by atoms with van der Waals surface area (Å²) in [4.78, 5) is 18.2. The molecule has 2 rings (SSSR count). The second-order valence-electron chi connectivity index (χ2n) is 3.69. The fourth-order valence-corrected chi connectivity index (χ4v) is 2.03. The predicted octanol–water partition coefficient (Wildman–Crippen LogP) is 3.04. The van der Waals surface area contributed by atoms with Crippen molar-refractivity contribution in [3.8, 4) is 0 Å². The van der Waals surface area contributed by atoms with Gasteiger partial charge in [0.1, 0.15) is 5.82 Å². The van der Waals surface area contributed by atoms with Crippen molar-refractivity contribution in [1.29, 1.82) is 0 Å². The van der Waals surface area contributed by atoms with Crippen LogP contribution in [0.3, 0.4) is 0 Å². The van der Waals surface area contributed by atoms with Crippen molar-refractivity contribution in [2.75, 3.05) is 0 Å². The van der Waals surface area contributed by atoms with Gasteiger partial charge in [0, 0.05) is 4.47 Å². The van der Waals surface area contributed by atoms with Crippen LogP contribution >= 0.6 is 15.9 Å². The molecular formula is C11H12BrN3O2. The molecule has 0 spiro atoms. The molecule has 3 N–H and O–H groups in total. The van der Waals surface area contributed by atoms with E-state index in [9.17, 15) is 4.79 Å². The number of nitrogens with one attached hydrogen (secondary N) is 2. The molecule has 90 valence electrons. The molecule has 1 unspecified atom stereocenters. The van der Waals surface area contributed by atoms with Crippen LogP contribution in [0.5, 0.6) is 0 Å². The molecular weight excluding hydrogens is 286 g/mol. The van der Waals surface area contributed by atoms with Crippen molar-refractivity contribution in [3.05, 3.63) is 28.5 Å². The van der Waals surface area contributed by atoms with Gasteiger partial charge in [-0.05, 0) is 24.6 Å². The van der Waals surface area contributed by atoms with Gasteiger partial charge in [0.25, 0.3) is 0 Å². The van der Waals surface area contributed by atoms with E-state index in [4.69, 9.17) is 5.11 Å². The van der Waals surface area contributed by atoms with Crippen LogP contribution in [0.2, 0.25) is 0 Å². The number of hydrogen-bond donors (Lipinski definition) is 3. The molecule has 0 saturated heterocycles. The lowest BCUT2D eigenvalue weighted by atomic mass is 10.2. The minimum atomic E-state index is -1.04. The van der Waals surface area contributed by atoms with E-state index in [1.54, 1.807) is 0 Å². The van der Waals surface area contributed by atoms with Gasteiger partial charge in [-0.3, -0.25) is 0 Å². The Kier molecular flexibility index (Phi) is 3.33. The number of nitrogens with zero attached hydrogens (tertiary/aromatic N) is 1. The van der Waals surface area contributed by atoms with E-state index in [1.807, 2.05) is 25.1 Å². The molecule has 0 aliphatic rings. The molecule has 0 radical (unpaired) electrons. The highest BCUT2D eigenvalue weighted by molar-refractivity contribution is 9.10. The number of imidazole rings is 1. The van der Waals surface area contributed by atoms with Crippen LogP contribution in [-0.4, -0.2) is 21.2 Å². The largest absolute Gasteiger partial charge is 0.465 e. The first-order chi connectivity index (χ1) is 8.10. The zero-order chi connectivity index (χ0) is 12.4. The molecule has 2 aromatic rings. The number of aromatic amines is 1. The number of aromatic nitrogens is 2. The maximum absolute atomic E-state index is 10.7. The van der Waals surface area contributed by atoms with Crippen molar-refractivity contribution < 1.29 is 9.90 Å². The van der Waals surface area contributed by atoms with Crippen molar-refractivity contribution >= 4 is 33.1 Å². The number of hydrogen-bond acceptors (Lipinski definition) is 2. The molecule has 1 heterocycles. The summed E-state index contributed by atoms with van der Waals surface area (Å²) in [6.07, 6.45) is -0.397. The highest BCUT2D eigenvalue weighted by Gasteiger charge is 2.15. The van der Waals surface area contributed by atoms with Crippen LogP contribution in [0.4, 0.5) is 4.79 Å². The Labute approximate surface area is 106 Å². The van der Waals surface area contributed by atoms with Gasteiger partial charge < -0.3 is 15.4 Å². The van der Waals surface area contributed by atoms with Gasteiger partial charge in [-0.15, -0.1) is 0 Å². The molecule has 17 heavy (non-hydrogen) atoms. The Hall–Kier alpha value is -1.56. The summed E-state index contributed by atoms with van der Waals surface area (Å²) in [5, 5.41) is 11.2. The Balaban J connectivity index is 2.37. The minimum Gasteiger partial charge on any atom is -0.465 e. The van der Waals surface area contributed by atoms with Gasteiger partial charge in [0.15, 0.2) is 0 Å². The second-order valence-corrected chi connectivity index (χ2v) is 4.61. The number of rotatable bonds is 3. The van der Waals surface area contributed by atoms with Crippen LogP contribution in [-0.2, 0) is 0 Å². The van der Waals surface area contributed by atoms with E-state index < -0.39 is 6.09 Å². The molecule has 5 nitrogen and oxygen atoms in total. The van der Waals surface area contributed by atoms with Crippen LogP contribution in [0, 0.1) is 0 Å². The second kappa shape index (κ2) is 4.75. The number of H-pyrrole nitrogens is 1. The molecule has 1 aromatic carbocycles. The Morgan fingerprint density at radius 1 is 1.65 bits per heavy atom. The summed E-state index contributed by atoms with van der Waals surface area (Å²) < 4.78 is 0.947. The lowest BCUT2D eigenvalue weighted by Crippen LogP contribution is -2.26. The standard InChI is InChI=1S/C11H12BrN3O2/c1-2-7(15-11(16)17)10-13-8-4-3-6(12)5-9(8)14-10/h3-5,7,15H,2H2,1H3,(H,13,14)(H,16,17). The fraction of sp³-hybridized carbons (Fsp3) is 0.273. The van der Waals surface area contributed by atoms with Crippen LogP contribution in [0.1, 0.15) is 25.2 Å². The first-order valence-electron chi connectivity index (χ1n) is 5.24. The molecule has 0 aliphatic carbocycles. The lowest BCUT2D eigenvalue weighted by molar-refractivity contribution is 0.189. The maximum Gasteiger partial charge on any atom is 0.405 e. The maximum atomic E-state index is 10.7. The first-order valence-corrected chi connectivity index (χ1v) is 6.04. The van der Waals surface area contributed by atoms with Crippen LogP contribution < -0.4 is 5.32 Å². The van der Waals surface area contributed by atoms with Gasteiger partial charge in [-0.1, -0.05) is 22.9 Å². The van der Waals surface area contributed by atoms with Gasteiger partial charge in [0.2, 0.25) is 0 Å². The van der Waals surface area contributed by atoms with E-state index in [-0.39, 0.29) is 6.04 Å². The Morgan fingerprint density at radius 3 is 3.06 bits per heavy atom. The third-order valence-electron chi connectivity index (χ3n) is 2.50. The van der Waals surface area contributed by atoms with Gasteiger partial charge in [-0.25, -0.2) is 9.78 Å². The molecule has 0 bridgehead atoms. The Bertz CT molecular complexity index is 553. The van der Waals surface area contributed by atoms with Crippen molar-refractivity contribution in [2.45, 2.75) is 19.4 Å². The molecule has 0 aliphatic heterocycles. The zero-order valence-corrected chi connectivity index (χ0v) is 10.8. The number of fused-ring (bicyclic) bond motifs is 1. The van der Waals surface area contributed by atoms with Crippen molar-refractivity contribution in [2.24, 2.45) is 0 Å². The Morgan fingerprint density at radius 2 is 2.41 bits per heavy atom. The summed E-state index contributed by atoms with van der Waals surface area (Å²) in [5.41, 5.74) is 1.72. The number of benzene rings is 1. The predicted molar refractivity (Wildman–Crippen MR) is 68.0 cm³/mol. The minimum absolute atomic E-state index is 0.307. The SMILES string of the molecule is CCC(NC(=O)O)c1nc2cc(Br)ccc2[nH]1. The lowest BCUT2D eigenvalue weighted by Gasteiger charge is -2.11. The average Bonchev–Trinajstić information content (AvgIpc) is 2.68. The van der Waals surface area contributed by atoms with E-state index in [2.05, 4.69) is 31.2 Å². The smallest absolute Gasteiger partial charge is 0.405 e. The quantitative estimate of drug-likeness (QED) is 0.815. The van der Waals surface area contributed by atoms with E-state index in [0.717, 1.165) is 15.5 Å². The van der Waals surface area contributed by atoms with Crippen LogP contribution in [0.15, 0.2) is 22.7 Å². The molecule has 1 aromatic heterocycles. The number of amides is 1. The monoisotopic (exact) mass is 297 g/mol. The molecule has 6 heteroatoms. The summed E-state index contributed by atoms with van der Waals surface area (Å²) in [7, 11) is 0. The van der Waals surface area contributed by atoms with Crippen molar-refractivity contribution in [1.82, 2.24) is 15.3 Å². The van der Waals surface area contributed by atoms with Crippen molar-refractivity contribution in [3.63, 3.8) is 0 Å². The topological polar surface area (TPSA) is 78.0 Å². The normalized spacial score (nSPS) is 12.6. The number of halogens is 1. The molecule has 1 atom stereocenters. The third kappa shape index (κ3) is 2.58. The fourth-order valence-electron chi connectivity index (χ4n) is 1.68. The van der Waals surface area contributed by atoms with Gasteiger partial charge in [0.05, 0.1) is 17.1 Å². The van der Waals surface area contributed by atoms with E-state index in [0.29, 0.717) is 12.2 Å². The average molecular weight is 298 g/mol. The summed E-state index contributed by atoms with van der Waals surface area (Å²) in [6, 6.07) is 5.40. The summed E-state index contributed by atoms with van der Waals surface area (Å²) >= 11 is 3.37. The molecule has 0 fully saturated rings. The summed E-state index contributed by atoms with van der Waals surface area (Å²) in [6.45, 7) is 1.91. The number of carbonyl (C=O) groups is 1. The van der Waals surface area contributed by atoms with E-state index in [1.165, 1.54) is 0 Å². The third-order valence-corrected chi connectivity index (χ3v) is 2.99. The van der Waals surface area contributed by atoms with E-state index >= 15 is 0 Å². The molecule has 0 saturated carbocycles. The van der Waals surface area contributed by atoms with Crippen LogP contribution in [0.25, 0.3) is 11.0 Å². The number of carboxylic acid groups (broad SMARTS) is 1. The zero-order valence-electron chi connectivity index (χ0n) is 9.20. The van der Waals surface area contributed by atoms with Gasteiger partial charge in [-0.2, -0.15) is 0 Å². The highest BCUT2D eigenvalue weighted by Crippen LogP contribution is 2.21. The summed E-state index contributed by atoms with van der Waals surface area (Å²) in [5.74, 6) is 0.642. The molecule has 1 amide bonds. The van der Waals surface area contributed by atoms with Gasteiger partial charge >= 0.3 is 6.09 Å². The first kappa shape index (κ1) is 11.9.